The second-order valence-corrected chi connectivity index (χ2v) is 7.39. The van der Waals surface area contributed by atoms with E-state index < -0.39 is 0 Å². The highest BCUT2D eigenvalue weighted by atomic mass is 16.5. The van der Waals surface area contributed by atoms with E-state index in [0.717, 1.165) is 22.6 Å². The van der Waals surface area contributed by atoms with Gasteiger partial charge >= 0.3 is 0 Å². The van der Waals surface area contributed by atoms with Crippen LogP contribution in [0.1, 0.15) is 17.2 Å². The van der Waals surface area contributed by atoms with Gasteiger partial charge in [-0.05, 0) is 34.9 Å². The molecule has 3 heteroatoms. The van der Waals surface area contributed by atoms with Gasteiger partial charge in [-0.2, -0.15) is 0 Å². The lowest BCUT2D eigenvalue weighted by molar-refractivity contribution is 0.111. The Morgan fingerprint density at radius 1 is 0.710 bits per heavy atom. The summed E-state index contributed by atoms with van der Waals surface area (Å²) in [6, 6.07) is 37.2. The molecule has 1 unspecified atom stereocenters. The fourth-order valence-electron chi connectivity index (χ4n) is 3.65. The van der Waals surface area contributed by atoms with Crippen LogP contribution in [0.3, 0.4) is 0 Å². The maximum atomic E-state index is 6.10. The summed E-state index contributed by atoms with van der Waals surface area (Å²) in [6.45, 7) is 1.09. The lowest BCUT2D eigenvalue weighted by Crippen LogP contribution is -2.18. The number of para-hydroxylation sites is 1. The molecule has 0 heterocycles. The molecule has 0 spiro atoms. The van der Waals surface area contributed by atoms with Gasteiger partial charge < -0.3 is 14.8 Å². The van der Waals surface area contributed by atoms with Gasteiger partial charge in [0.2, 0.25) is 0 Å². The van der Waals surface area contributed by atoms with Crippen molar-refractivity contribution in [1.82, 2.24) is 0 Å². The molecule has 0 radical (unpaired) electrons. The molecule has 0 aliphatic carbocycles. The standard InChI is InChI=1S/C28H27NO2/c1-30-28-18-9-8-17-26(28)27(21-31-20-22-11-4-2-5-12-22)29-25-16-10-15-24(19-25)23-13-6-3-7-14-23/h2-19,27,29H,20-21H2,1H3. The molecule has 1 N–H and O–H groups in total. The fourth-order valence-corrected chi connectivity index (χ4v) is 3.65. The van der Waals surface area contributed by atoms with Crippen molar-refractivity contribution in [3.8, 4) is 16.9 Å². The zero-order chi connectivity index (χ0) is 21.3. The Morgan fingerprint density at radius 3 is 2.16 bits per heavy atom. The zero-order valence-electron chi connectivity index (χ0n) is 17.7. The summed E-state index contributed by atoms with van der Waals surface area (Å²) in [5, 5.41) is 3.66. The molecule has 0 amide bonds. The van der Waals surface area contributed by atoms with Crippen LogP contribution in [0.4, 0.5) is 5.69 Å². The van der Waals surface area contributed by atoms with Crippen LogP contribution in [-0.2, 0) is 11.3 Å². The topological polar surface area (TPSA) is 30.5 Å². The SMILES string of the molecule is COc1ccccc1C(COCc1ccccc1)Nc1cccc(-c2ccccc2)c1. The third kappa shape index (κ3) is 5.53. The monoisotopic (exact) mass is 409 g/mol. The molecule has 0 bridgehead atoms. The molecule has 156 valence electrons. The average Bonchev–Trinajstić information content (AvgIpc) is 2.85. The van der Waals surface area contributed by atoms with E-state index in [-0.39, 0.29) is 6.04 Å². The quantitative estimate of drug-likeness (QED) is 0.332. The van der Waals surface area contributed by atoms with Gasteiger partial charge in [0.1, 0.15) is 5.75 Å². The van der Waals surface area contributed by atoms with E-state index in [4.69, 9.17) is 9.47 Å². The predicted molar refractivity (Wildman–Crippen MR) is 127 cm³/mol. The number of hydrogen-bond acceptors (Lipinski definition) is 3. The van der Waals surface area contributed by atoms with E-state index in [1.54, 1.807) is 7.11 Å². The summed E-state index contributed by atoms with van der Waals surface area (Å²) in [4.78, 5) is 0. The lowest BCUT2D eigenvalue weighted by atomic mass is 10.0. The van der Waals surface area contributed by atoms with Crippen molar-refractivity contribution < 1.29 is 9.47 Å². The van der Waals surface area contributed by atoms with Gasteiger partial charge in [0.25, 0.3) is 0 Å². The van der Waals surface area contributed by atoms with Crippen molar-refractivity contribution in [2.75, 3.05) is 19.0 Å². The summed E-state index contributed by atoms with van der Waals surface area (Å²) < 4.78 is 11.7. The maximum absolute atomic E-state index is 6.10. The molecule has 4 aromatic carbocycles. The van der Waals surface area contributed by atoms with Crippen molar-refractivity contribution in [1.29, 1.82) is 0 Å². The molecule has 0 fully saturated rings. The van der Waals surface area contributed by atoms with Gasteiger partial charge in [0.15, 0.2) is 0 Å². The summed E-state index contributed by atoms with van der Waals surface area (Å²) in [5.74, 6) is 0.850. The Labute approximate surface area is 184 Å². The maximum Gasteiger partial charge on any atom is 0.124 e. The molecule has 4 aromatic rings. The van der Waals surface area contributed by atoms with Crippen LogP contribution in [0.2, 0.25) is 0 Å². The van der Waals surface area contributed by atoms with Crippen LogP contribution >= 0.6 is 0 Å². The number of nitrogens with one attached hydrogen (secondary N) is 1. The summed E-state index contributed by atoms with van der Waals surface area (Å²) in [5.41, 5.74) is 5.64. The number of benzene rings is 4. The third-order valence-corrected chi connectivity index (χ3v) is 5.22. The third-order valence-electron chi connectivity index (χ3n) is 5.22. The smallest absolute Gasteiger partial charge is 0.124 e. The summed E-state index contributed by atoms with van der Waals surface area (Å²) >= 11 is 0. The first-order valence-corrected chi connectivity index (χ1v) is 10.5. The van der Waals surface area contributed by atoms with Crippen molar-refractivity contribution in [3.63, 3.8) is 0 Å². The first kappa shape index (κ1) is 20.7. The fraction of sp³-hybridized carbons (Fsp3) is 0.143. The molecule has 1 atom stereocenters. The summed E-state index contributed by atoms with van der Waals surface area (Å²) in [6.07, 6.45) is 0. The number of rotatable bonds is 9. The second-order valence-electron chi connectivity index (χ2n) is 7.39. The number of ether oxygens (including phenoxy) is 2. The zero-order valence-corrected chi connectivity index (χ0v) is 17.7. The van der Waals surface area contributed by atoms with Crippen LogP contribution in [0.5, 0.6) is 5.75 Å². The number of methoxy groups -OCH3 is 1. The second kappa shape index (κ2) is 10.5. The minimum atomic E-state index is -0.0501. The molecule has 0 saturated heterocycles. The molecule has 0 aliphatic rings. The highest BCUT2D eigenvalue weighted by molar-refractivity contribution is 5.68. The van der Waals surface area contributed by atoms with E-state index in [1.165, 1.54) is 11.1 Å². The minimum Gasteiger partial charge on any atom is -0.496 e. The summed E-state index contributed by atoms with van der Waals surface area (Å²) in [7, 11) is 1.71. The number of anilines is 1. The van der Waals surface area contributed by atoms with Crippen LogP contribution in [0.15, 0.2) is 109 Å². The van der Waals surface area contributed by atoms with Crippen LogP contribution in [0.25, 0.3) is 11.1 Å². The lowest BCUT2D eigenvalue weighted by Gasteiger charge is -2.23. The van der Waals surface area contributed by atoms with E-state index in [9.17, 15) is 0 Å². The van der Waals surface area contributed by atoms with E-state index in [1.807, 2.05) is 42.5 Å². The number of hydrogen-bond donors (Lipinski definition) is 1. The first-order chi connectivity index (χ1) is 15.3. The Morgan fingerprint density at radius 2 is 1.39 bits per heavy atom. The molecule has 3 nitrogen and oxygen atoms in total. The molecule has 0 aromatic heterocycles. The van der Waals surface area contributed by atoms with Gasteiger partial charge in [-0.15, -0.1) is 0 Å². The van der Waals surface area contributed by atoms with Crippen molar-refractivity contribution in [2.24, 2.45) is 0 Å². The van der Waals surface area contributed by atoms with Crippen molar-refractivity contribution in [3.05, 3.63) is 120 Å². The minimum absolute atomic E-state index is 0.0501. The van der Waals surface area contributed by atoms with Gasteiger partial charge in [-0.25, -0.2) is 0 Å². The van der Waals surface area contributed by atoms with Crippen molar-refractivity contribution >= 4 is 5.69 Å². The van der Waals surface area contributed by atoms with E-state index in [0.29, 0.717) is 13.2 Å². The molecule has 31 heavy (non-hydrogen) atoms. The van der Waals surface area contributed by atoms with Gasteiger partial charge in [0.05, 0.1) is 26.4 Å². The highest BCUT2D eigenvalue weighted by Crippen LogP contribution is 2.30. The Balaban J connectivity index is 1.55. The molecule has 0 aliphatic heterocycles. The Bertz CT molecular complexity index is 1080. The molecular formula is C28H27NO2. The van der Waals surface area contributed by atoms with E-state index in [2.05, 4.69) is 72.0 Å². The predicted octanol–water partition coefficient (Wildman–Crippen LogP) is 6.73. The van der Waals surface area contributed by atoms with Gasteiger partial charge in [-0.1, -0.05) is 91.0 Å². The van der Waals surface area contributed by atoms with Crippen LogP contribution in [0, 0.1) is 0 Å². The van der Waals surface area contributed by atoms with Gasteiger partial charge in [0, 0.05) is 11.3 Å². The Hall–Kier alpha value is -3.56. The Kier molecular flexibility index (Phi) is 6.99. The normalized spacial score (nSPS) is 11.6. The first-order valence-electron chi connectivity index (χ1n) is 10.5. The molecular weight excluding hydrogens is 382 g/mol. The van der Waals surface area contributed by atoms with E-state index >= 15 is 0 Å². The molecule has 0 saturated carbocycles. The largest absolute Gasteiger partial charge is 0.496 e. The molecule has 4 rings (SSSR count). The van der Waals surface area contributed by atoms with Crippen molar-refractivity contribution in [2.45, 2.75) is 12.6 Å². The highest BCUT2D eigenvalue weighted by Gasteiger charge is 2.17. The average molecular weight is 410 g/mol. The van der Waals surface area contributed by atoms with Crippen LogP contribution in [-0.4, -0.2) is 13.7 Å². The van der Waals surface area contributed by atoms with Crippen LogP contribution < -0.4 is 10.1 Å². The van der Waals surface area contributed by atoms with Gasteiger partial charge in [-0.3, -0.25) is 0 Å².